The average molecular weight is 182 g/mol. The molecule has 1 aliphatic carbocycles. The molecule has 0 aromatic rings. The molecule has 0 unspecified atom stereocenters. The highest BCUT2D eigenvalue weighted by Crippen LogP contribution is 2.39. The molecule has 0 bridgehead atoms. The first-order valence-corrected chi connectivity index (χ1v) is 8.35. The summed E-state index contributed by atoms with van der Waals surface area (Å²) in [6, 6.07) is 0. The van der Waals surface area contributed by atoms with Crippen LogP contribution >= 0.6 is 0 Å². The van der Waals surface area contributed by atoms with Gasteiger partial charge in [0.15, 0.2) is 0 Å². The molecule has 1 fully saturated rings. The zero-order chi connectivity index (χ0) is 9.19. The molecule has 12 heavy (non-hydrogen) atoms. The van der Waals surface area contributed by atoms with Crippen molar-refractivity contribution in [3.8, 4) is 0 Å². The summed E-state index contributed by atoms with van der Waals surface area (Å²) >= 11 is 0. The Bertz CT molecular complexity index is 152. The first-order chi connectivity index (χ1) is 5.56. The summed E-state index contributed by atoms with van der Waals surface area (Å²) in [7, 11) is -1.04. The quantitative estimate of drug-likeness (QED) is 0.566. The van der Waals surface area contributed by atoms with E-state index in [9.17, 15) is 0 Å². The third-order valence-corrected chi connectivity index (χ3v) is 7.33. The predicted octanol–water partition coefficient (Wildman–Crippen LogP) is 4.00. The minimum absolute atomic E-state index is 0.982. The SMILES string of the molecule is C=C[Si](C)(C)C1CCC(C)CC1. The first-order valence-electron chi connectivity index (χ1n) is 5.20. The van der Waals surface area contributed by atoms with Crippen LogP contribution in [0.3, 0.4) is 0 Å². The van der Waals surface area contributed by atoms with Gasteiger partial charge in [-0.05, 0) is 11.5 Å². The maximum Gasteiger partial charge on any atom is 0.0740 e. The fourth-order valence-electron chi connectivity index (χ4n) is 2.17. The molecule has 0 atom stereocenters. The summed E-state index contributed by atoms with van der Waals surface area (Å²) in [6.45, 7) is 11.3. The van der Waals surface area contributed by atoms with Crippen LogP contribution in [0.2, 0.25) is 18.6 Å². The second-order valence-corrected chi connectivity index (χ2v) is 9.85. The third kappa shape index (κ3) is 2.22. The minimum Gasteiger partial charge on any atom is -0.107 e. The van der Waals surface area contributed by atoms with Crippen LogP contribution in [0.5, 0.6) is 0 Å². The van der Waals surface area contributed by atoms with Gasteiger partial charge in [-0.1, -0.05) is 45.7 Å². The summed E-state index contributed by atoms with van der Waals surface area (Å²) < 4.78 is 0. The van der Waals surface area contributed by atoms with Gasteiger partial charge >= 0.3 is 0 Å². The molecule has 0 aliphatic heterocycles. The lowest BCUT2D eigenvalue weighted by atomic mass is 9.90. The van der Waals surface area contributed by atoms with Crippen molar-refractivity contribution in [1.29, 1.82) is 0 Å². The van der Waals surface area contributed by atoms with E-state index in [0.717, 1.165) is 11.5 Å². The summed E-state index contributed by atoms with van der Waals surface area (Å²) in [6.07, 6.45) is 5.84. The minimum atomic E-state index is -1.04. The molecule has 0 spiro atoms. The van der Waals surface area contributed by atoms with E-state index in [-0.39, 0.29) is 0 Å². The summed E-state index contributed by atoms with van der Waals surface area (Å²) in [5.74, 6) is 0.982. The molecule has 1 aliphatic rings. The molecule has 0 aromatic carbocycles. The van der Waals surface area contributed by atoms with Crippen LogP contribution in [0, 0.1) is 5.92 Å². The lowest BCUT2D eigenvalue weighted by Crippen LogP contribution is -2.32. The van der Waals surface area contributed by atoms with Gasteiger partial charge in [0.25, 0.3) is 0 Å². The molecule has 0 saturated heterocycles. The molecular weight excluding hydrogens is 160 g/mol. The molecule has 1 saturated carbocycles. The molecular formula is C11H22Si. The van der Waals surface area contributed by atoms with E-state index in [2.05, 4.69) is 32.3 Å². The van der Waals surface area contributed by atoms with Gasteiger partial charge < -0.3 is 0 Å². The highest BCUT2D eigenvalue weighted by Gasteiger charge is 2.31. The molecule has 0 radical (unpaired) electrons. The first kappa shape index (κ1) is 10.0. The van der Waals surface area contributed by atoms with Crippen LogP contribution in [0.4, 0.5) is 0 Å². The lowest BCUT2D eigenvalue weighted by Gasteiger charge is -2.35. The molecule has 0 amide bonds. The van der Waals surface area contributed by atoms with E-state index in [1.54, 1.807) is 0 Å². The van der Waals surface area contributed by atoms with Crippen molar-refractivity contribution in [1.82, 2.24) is 0 Å². The van der Waals surface area contributed by atoms with Crippen molar-refractivity contribution >= 4 is 8.07 Å². The van der Waals surface area contributed by atoms with Crippen molar-refractivity contribution in [2.45, 2.75) is 51.2 Å². The van der Waals surface area contributed by atoms with Gasteiger partial charge in [-0.15, -0.1) is 12.3 Å². The van der Waals surface area contributed by atoms with Crippen molar-refractivity contribution < 1.29 is 0 Å². The Hall–Kier alpha value is -0.0431. The molecule has 1 heteroatoms. The van der Waals surface area contributed by atoms with E-state index < -0.39 is 8.07 Å². The highest BCUT2D eigenvalue weighted by atomic mass is 28.3. The Morgan fingerprint density at radius 1 is 1.17 bits per heavy atom. The Balaban J connectivity index is 2.49. The van der Waals surface area contributed by atoms with Crippen LogP contribution in [-0.2, 0) is 0 Å². The van der Waals surface area contributed by atoms with Crippen LogP contribution in [0.15, 0.2) is 12.3 Å². The second-order valence-electron chi connectivity index (χ2n) is 4.98. The number of rotatable bonds is 2. The van der Waals surface area contributed by atoms with E-state index >= 15 is 0 Å². The van der Waals surface area contributed by atoms with Crippen molar-refractivity contribution in [2.24, 2.45) is 5.92 Å². The fourth-order valence-corrected chi connectivity index (χ4v) is 4.33. The largest absolute Gasteiger partial charge is 0.107 e. The Morgan fingerprint density at radius 2 is 1.67 bits per heavy atom. The highest BCUT2D eigenvalue weighted by molar-refractivity contribution is 6.83. The zero-order valence-corrected chi connectivity index (χ0v) is 9.77. The van der Waals surface area contributed by atoms with Gasteiger partial charge in [0.05, 0.1) is 8.07 Å². The van der Waals surface area contributed by atoms with E-state index in [4.69, 9.17) is 0 Å². The normalized spacial score (nSPS) is 31.6. The van der Waals surface area contributed by atoms with Gasteiger partial charge in [-0.2, -0.15) is 0 Å². The monoisotopic (exact) mass is 182 g/mol. The van der Waals surface area contributed by atoms with Gasteiger partial charge in [0.1, 0.15) is 0 Å². The standard InChI is InChI=1S/C11H22Si/c1-5-12(3,4)11-8-6-10(2)7-9-11/h5,10-11H,1,6-9H2,2-4H3. The maximum atomic E-state index is 3.99. The maximum absolute atomic E-state index is 3.99. The lowest BCUT2D eigenvalue weighted by molar-refractivity contribution is 0.380. The average Bonchev–Trinajstić information content (AvgIpc) is 2.05. The van der Waals surface area contributed by atoms with Gasteiger partial charge in [-0.25, -0.2) is 0 Å². The molecule has 1 rings (SSSR count). The third-order valence-electron chi connectivity index (χ3n) is 3.59. The number of hydrogen-bond acceptors (Lipinski definition) is 0. The number of hydrogen-bond donors (Lipinski definition) is 0. The van der Waals surface area contributed by atoms with Crippen LogP contribution in [0.25, 0.3) is 0 Å². The zero-order valence-electron chi connectivity index (χ0n) is 8.77. The second kappa shape index (κ2) is 3.78. The molecule has 0 aromatic heterocycles. The van der Waals surface area contributed by atoms with Crippen molar-refractivity contribution in [3.05, 3.63) is 12.3 Å². The Morgan fingerprint density at radius 3 is 2.08 bits per heavy atom. The van der Waals surface area contributed by atoms with E-state index in [1.807, 2.05) is 0 Å². The predicted molar refractivity (Wildman–Crippen MR) is 59.1 cm³/mol. The van der Waals surface area contributed by atoms with Crippen LogP contribution in [-0.4, -0.2) is 8.07 Å². The molecule has 0 heterocycles. The molecule has 70 valence electrons. The summed E-state index contributed by atoms with van der Waals surface area (Å²) in [5, 5.41) is 0. The van der Waals surface area contributed by atoms with Gasteiger partial charge in [0.2, 0.25) is 0 Å². The smallest absolute Gasteiger partial charge is 0.0740 e. The van der Waals surface area contributed by atoms with Gasteiger partial charge in [0, 0.05) is 0 Å². The van der Waals surface area contributed by atoms with Crippen molar-refractivity contribution in [3.63, 3.8) is 0 Å². The van der Waals surface area contributed by atoms with Crippen LogP contribution in [0.1, 0.15) is 32.6 Å². The van der Waals surface area contributed by atoms with E-state index in [1.165, 1.54) is 25.7 Å². The van der Waals surface area contributed by atoms with Crippen LogP contribution < -0.4 is 0 Å². The van der Waals surface area contributed by atoms with E-state index in [0.29, 0.717) is 0 Å². The van der Waals surface area contributed by atoms with Gasteiger partial charge in [-0.3, -0.25) is 0 Å². The van der Waals surface area contributed by atoms with Crippen molar-refractivity contribution in [2.75, 3.05) is 0 Å². The molecule has 0 N–H and O–H groups in total. The summed E-state index contributed by atoms with van der Waals surface area (Å²) in [4.78, 5) is 0. The molecule has 0 nitrogen and oxygen atoms in total. The summed E-state index contributed by atoms with van der Waals surface area (Å²) in [5.41, 5.74) is 3.29. The topological polar surface area (TPSA) is 0 Å². The Kier molecular flexibility index (Phi) is 3.16. The Labute approximate surface area is 78.1 Å². The fraction of sp³-hybridized carbons (Fsp3) is 0.818.